The fourth-order valence-electron chi connectivity index (χ4n) is 2.36. The van der Waals surface area contributed by atoms with Gasteiger partial charge in [-0.15, -0.1) is 0 Å². The summed E-state index contributed by atoms with van der Waals surface area (Å²) in [5.41, 5.74) is 8.81. The average Bonchev–Trinajstić information content (AvgIpc) is 2.50. The first-order valence-electron chi connectivity index (χ1n) is 7.41. The van der Waals surface area contributed by atoms with Crippen LogP contribution in [0.4, 0.5) is 5.69 Å². The number of ether oxygens (including phenoxy) is 1. The van der Waals surface area contributed by atoms with E-state index in [4.69, 9.17) is 10.5 Å². The highest BCUT2D eigenvalue weighted by Gasteiger charge is 2.16. The maximum Gasteiger partial charge on any atom is 0.252 e. The molecule has 2 rings (SSSR count). The van der Waals surface area contributed by atoms with Gasteiger partial charge in [-0.2, -0.15) is 0 Å². The third-order valence-electron chi connectivity index (χ3n) is 3.54. The summed E-state index contributed by atoms with van der Waals surface area (Å²) in [7, 11) is 0. The van der Waals surface area contributed by atoms with Gasteiger partial charge in [-0.25, -0.2) is 0 Å². The van der Waals surface area contributed by atoms with E-state index in [1.807, 2.05) is 51.1 Å². The van der Waals surface area contributed by atoms with Gasteiger partial charge >= 0.3 is 0 Å². The van der Waals surface area contributed by atoms with Crippen LogP contribution in [0.3, 0.4) is 0 Å². The van der Waals surface area contributed by atoms with Crippen LogP contribution in [-0.2, 0) is 0 Å². The Labute approximate surface area is 131 Å². The number of anilines is 1. The summed E-state index contributed by atoms with van der Waals surface area (Å²) >= 11 is 0. The standard InChI is InChI=1S/C18H22N2O2/c1-4-22-17-8-6-5-7-15(17)13(3)20-18(21)16-11-14(19)10-9-12(16)2/h5-11,13H,4,19H2,1-3H3,(H,20,21). The number of carbonyl (C=O) groups is 1. The topological polar surface area (TPSA) is 64.3 Å². The lowest BCUT2D eigenvalue weighted by atomic mass is 10.0. The molecule has 0 bridgehead atoms. The smallest absolute Gasteiger partial charge is 0.252 e. The van der Waals surface area contributed by atoms with Crippen LogP contribution in [0, 0.1) is 6.92 Å². The monoisotopic (exact) mass is 298 g/mol. The Morgan fingerprint density at radius 3 is 2.73 bits per heavy atom. The summed E-state index contributed by atoms with van der Waals surface area (Å²) < 4.78 is 5.62. The van der Waals surface area contributed by atoms with Crippen molar-refractivity contribution >= 4 is 11.6 Å². The highest BCUT2D eigenvalue weighted by atomic mass is 16.5. The number of carbonyl (C=O) groups excluding carboxylic acids is 1. The van der Waals surface area contributed by atoms with Crippen molar-refractivity contribution in [1.29, 1.82) is 0 Å². The zero-order chi connectivity index (χ0) is 16.1. The van der Waals surface area contributed by atoms with E-state index in [1.165, 1.54) is 0 Å². The van der Waals surface area contributed by atoms with E-state index >= 15 is 0 Å². The maximum atomic E-state index is 12.5. The van der Waals surface area contributed by atoms with Gasteiger partial charge in [0.1, 0.15) is 5.75 Å². The van der Waals surface area contributed by atoms with Crippen molar-refractivity contribution < 1.29 is 9.53 Å². The molecule has 0 aliphatic rings. The largest absolute Gasteiger partial charge is 0.494 e. The van der Waals surface area contributed by atoms with Crippen molar-refractivity contribution in [2.75, 3.05) is 12.3 Å². The molecule has 0 fully saturated rings. The third-order valence-corrected chi connectivity index (χ3v) is 3.54. The fraction of sp³-hybridized carbons (Fsp3) is 0.278. The molecule has 0 spiro atoms. The van der Waals surface area contributed by atoms with Gasteiger partial charge in [0.2, 0.25) is 0 Å². The lowest BCUT2D eigenvalue weighted by molar-refractivity contribution is 0.0939. The number of nitrogens with one attached hydrogen (secondary N) is 1. The van der Waals surface area contributed by atoms with E-state index in [0.717, 1.165) is 16.9 Å². The van der Waals surface area contributed by atoms with Crippen LogP contribution in [0.5, 0.6) is 5.75 Å². The van der Waals surface area contributed by atoms with E-state index in [-0.39, 0.29) is 11.9 Å². The van der Waals surface area contributed by atoms with E-state index in [2.05, 4.69) is 5.32 Å². The molecule has 0 heterocycles. The van der Waals surface area contributed by atoms with E-state index in [0.29, 0.717) is 17.9 Å². The molecular formula is C18H22N2O2. The van der Waals surface area contributed by atoms with Crippen molar-refractivity contribution in [3.8, 4) is 5.75 Å². The summed E-state index contributed by atoms with van der Waals surface area (Å²) in [5, 5.41) is 3.00. The first-order valence-corrected chi connectivity index (χ1v) is 7.41. The predicted octanol–water partition coefficient (Wildman–Crippen LogP) is 3.47. The quantitative estimate of drug-likeness (QED) is 0.831. The molecule has 4 heteroatoms. The molecule has 1 unspecified atom stereocenters. The first-order chi connectivity index (χ1) is 10.5. The molecule has 1 atom stereocenters. The van der Waals surface area contributed by atoms with Crippen molar-refractivity contribution in [3.63, 3.8) is 0 Å². The number of aryl methyl sites for hydroxylation is 1. The zero-order valence-electron chi connectivity index (χ0n) is 13.2. The molecule has 4 nitrogen and oxygen atoms in total. The van der Waals surface area contributed by atoms with Gasteiger partial charge in [0, 0.05) is 16.8 Å². The molecular weight excluding hydrogens is 276 g/mol. The van der Waals surface area contributed by atoms with Gasteiger partial charge in [-0.05, 0) is 44.5 Å². The van der Waals surface area contributed by atoms with Crippen LogP contribution in [0.2, 0.25) is 0 Å². The van der Waals surface area contributed by atoms with Crippen molar-refractivity contribution in [2.45, 2.75) is 26.8 Å². The van der Waals surface area contributed by atoms with Crippen LogP contribution >= 0.6 is 0 Å². The Hall–Kier alpha value is -2.49. The number of hydrogen-bond donors (Lipinski definition) is 2. The number of nitrogens with two attached hydrogens (primary N) is 1. The van der Waals surface area contributed by atoms with Crippen LogP contribution in [-0.4, -0.2) is 12.5 Å². The first kappa shape index (κ1) is 15.9. The zero-order valence-corrected chi connectivity index (χ0v) is 13.2. The Bertz CT molecular complexity index is 668. The number of nitrogen functional groups attached to an aromatic ring is 1. The molecule has 0 aromatic heterocycles. The minimum Gasteiger partial charge on any atom is -0.494 e. The Morgan fingerprint density at radius 2 is 2.00 bits per heavy atom. The molecule has 3 N–H and O–H groups in total. The van der Waals surface area contributed by atoms with Crippen LogP contribution in [0.15, 0.2) is 42.5 Å². The number of benzene rings is 2. The molecule has 0 saturated carbocycles. The highest BCUT2D eigenvalue weighted by molar-refractivity contribution is 5.96. The number of rotatable bonds is 5. The number of hydrogen-bond acceptors (Lipinski definition) is 3. The molecule has 2 aromatic rings. The van der Waals surface area contributed by atoms with E-state index in [1.54, 1.807) is 12.1 Å². The summed E-state index contributed by atoms with van der Waals surface area (Å²) in [6.07, 6.45) is 0. The number of para-hydroxylation sites is 1. The SMILES string of the molecule is CCOc1ccccc1C(C)NC(=O)c1cc(N)ccc1C. The van der Waals surface area contributed by atoms with Crippen LogP contribution < -0.4 is 15.8 Å². The summed E-state index contributed by atoms with van der Waals surface area (Å²) in [6.45, 7) is 6.37. The van der Waals surface area contributed by atoms with Gasteiger partial charge < -0.3 is 15.8 Å². The van der Waals surface area contributed by atoms with Crippen molar-refractivity contribution in [2.24, 2.45) is 0 Å². The van der Waals surface area contributed by atoms with Crippen LogP contribution in [0.1, 0.15) is 41.4 Å². The summed E-state index contributed by atoms with van der Waals surface area (Å²) in [4.78, 5) is 12.5. The third kappa shape index (κ3) is 3.58. The molecule has 22 heavy (non-hydrogen) atoms. The molecule has 0 radical (unpaired) electrons. The Kier molecular flexibility index (Phi) is 5.04. The van der Waals surface area contributed by atoms with E-state index in [9.17, 15) is 4.79 Å². The van der Waals surface area contributed by atoms with Crippen LogP contribution in [0.25, 0.3) is 0 Å². The summed E-state index contributed by atoms with van der Waals surface area (Å²) in [5.74, 6) is 0.658. The van der Waals surface area contributed by atoms with Crippen molar-refractivity contribution in [3.05, 3.63) is 59.2 Å². The van der Waals surface area contributed by atoms with Gasteiger partial charge in [0.05, 0.1) is 12.6 Å². The van der Waals surface area contributed by atoms with E-state index < -0.39 is 0 Å². The normalized spacial score (nSPS) is 11.8. The van der Waals surface area contributed by atoms with Gasteiger partial charge in [-0.1, -0.05) is 24.3 Å². The molecule has 0 aliphatic heterocycles. The molecule has 0 aliphatic carbocycles. The fourth-order valence-corrected chi connectivity index (χ4v) is 2.36. The predicted molar refractivity (Wildman–Crippen MR) is 89.1 cm³/mol. The summed E-state index contributed by atoms with van der Waals surface area (Å²) in [6, 6.07) is 12.9. The highest BCUT2D eigenvalue weighted by Crippen LogP contribution is 2.25. The lowest BCUT2D eigenvalue weighted by Gasteiger charge is -2.18. The molecule has 1 amide bonds. The Morgan fingerprint density at radius 1 is 1.27 bits per heavy atom. The molecule has 116 valence electrons. The Balaban J connectivity index is 2.20. The number of amides is 1. The second-order valence-electron chi connectivity index (χ2n) is 5.24. The maximum absolute atomic E-state index is 12.5. The minimum atomic E-state index is -0.156. The van der Waals surface area contributed by atoms with Crippen molar-refractivity contribution in [1.82, 2.24) is 5.32 Å². The van der Waals surface area contributed by atoms with Gasteiger partial charge in [-0.3, -0.25) is 4.79 Å². The second-order valence-corrected chi connectivity index (χ2v) is 5.24. The second kappa shape index (κ2) is 6.98. The average molecular weight is 298 g/mol. The van der Waals surface area contributed by atoms with Gasteiger partial charge in [0.15, 0.2) is 0 Å². The lowest BCUT2D eigenvalue weighted by Crippen LogP contribution is -2.27. The minimum absolute atomic E-state index is 0.136. The molecule has 0 saturated heterocycles. The molecule has 2 aromatic carbocycles. The van der Waals surface area contributed by atoms with Gasteiger partial charge in [0.25, 0.3) is 5.91 Å².